The second-order valence-corrected chi connectivity index (χ2v) is 6.93. The van der Waals surface area contributed by atoms with Crippen LogP contribution in [0.25, 0.3) is 0 Å². The van der Waals surface area contributed by atoms with Gasteiger partial charge in [0.15, 0.2) is 0 Å². The first-order valence-electron chi connectivity index (χ1n) is 7.42. The number of nitrogens with one attached hydrogen (secondary N) is 1. The Morgan fingerprint density at radius 3 is 2.76 bits per heavy atom. The van der Waals surface area contributed by atoms with E-state index in [0.717, 1.165) is 22.4 Å². The van der Waals surface area contributed by atoms with Gasteiger partial charge in [-0.05, 0) is 49.3 Å². The fourth-order valence-electron chi connectivity index (χ4n) is 3.11. The molecule has 0 aromatic heterocycles. The van der Waals surface area contributed by atoms with Crippen molar-refractivity contribution in [1.82, 2.24) is 5.32 Å². The Hall–Kier alpha value is -0.680. The molecule has 0 saturated heterocycles. The van der Waals surface area contributed by atoms with E-state index >= 15 is 0 Å². The zero-order valence-electron chi connectivity index (χ0n) is 12.4. The molecular weight excluding hydrogens is 340 g/mol. The van der Waals surface area contributed by atoms with Crippen molar-refractivity contribution < 1.29 is 13.5 Å². The molecule has 1 aliphatic rings. The summed E-state index contributed by atoms with van der Waals surface area (Å²) in [5.41, 5.74) is 0.760. The molecule has 0 bridgehead atoms. The van der Waals surface area contributed by atoms with Crippen LogP contribution in [0, 0.1) is 11.8 Å². The minimum atomic E-state index is -2.79. The second-order valence-electron chi connectivity index (χ2n) is 6.01. The molecule has 0 amide bonds. The Bertz CT molecular complexity index is 470. The van der Waals surface area contributed by atoms with Gasteiger partial charge in [0.2, 0.25) is 0 Å². The molecule has 1 aliphatic carbocycles. The molecule has 0 heterocycles. The van der Waals surface area contributed by atoms with Gasteiger partial charge in [-0.25, -0.2) is 0 Å². The number of halogens is 3. The van der Waals surface area contributed by atoms with E-state index in [1.807, 2.05) is 6.07 Å². The van der Waals surface area contributed by atoms with Crippen LogP contribution in [0.15, 0.2) is 22.7 Å². The lowest BCUT2D eigenvalue weighted by molar-refractivity contribution is -0.0505. The monoisotopic (exact) mass is 361 g/mol. The van der Waals surface area contributed by atoms with Gasteiger partial charge in [0, 0.05) is 22.6 Å². The van der Waals surface area contributed by atoms with Crippen LogP contribution >= 0.6 is 15.9 Å². The summed E-state index contributed by atoms with van der Waals surface area (Å²) in [5.74, 6) is 1.64. The molecule has 2 nitrogen and oxygen atoms in total. The predicted octanol–water partition coefficient (Wildman–Crippen LogP) is 4.96. The average molecular weight is 362 g/mol. The van der Waals surface area contributed by atoms with Crippen molar-refractivity contribution in [2.24, 2.45) is 11.8 Å². The third-order valence-electron chi connectivity index (χ3n) is 4.22. The van der Waals surface area contributed by atoms with Crippen LogP contribution in [0.5, 0.6) is 5.75 Å². The third kappa shape index (κ3) is 4.92. The van der Waals surface area contributed by atoms with Gasteiger partial charge in [-0.15, -0.1) is 0 Å². The topological polar surface area (TPSA) is 21.3 Å². The molecule has 3 atom stereocenters. The van der Waals surface area contributed by atoms with Gasteiger partial charge >= 0.3 is 6.61 Å². The largest absolute Gasteiger partial charge is 0.434 e. The first kappa shape index (κ1) is 16.7. The zero-order chi connectivity index (χ0) is 15.4. The lowest BCUT2D eigenvalue weighted by Gasteiger charge is -2.33. The number of alkyl halides is 2. The minimum Gasteiger partial charge on any atom is -0.434 e. The molecule has 21 heavy (non-hydrogen) atoms. The van der Waals surface area contributed by atoms with Gasteiger partial charge in [-0.1, -0.05) is 29.8 Å². The molecule has 1 fully saturated rings. The van der Waals surface area contributed by atoms with Gasteiger partial charge in [-0.3, -0.25) is 0 Å². The van der Waals surface area contributed by atoms with Crippen molar-refractivity contribution in [2.75, 3.05) is 0 Å². The van der Waals surface area contributed by atoms with Gasteiger partial charge in [0.1, 0.15) is 5.75 Å². The van der Waals surface area contributed by atoms with E-state index < -0.39 is 6.61 Å². The van der Waals surface area contributed by atoms with Crippen molar-refractivity contribution >= 4 is 15.9 Å². The standard InChI is InChI=1S/C16H22BrF2NO/c1-10-3-5-14(11(2)7-10)20-9-12-8-13(17)4-6-15(12)21-16(18)19/h4,6,8,10-11,14,16,20H,3,5,7,9H2,1-2H3. The maximum Gasteiger partial charge on any atom is 0.387 e. The fourth-order valence-corrected chi connectivity index (χ4v) is 3.52. The Balaban J connectivity index is 2.00. The van der Waals surface area contributed by atoms with Crippen molar-refractivity contribution in [3.63, 3.8) is 0 Å². The van der Waals surface area contributed by atoms with E-state index in [1.165, 1.54) is 12.8 Å². The maximum absolute atomic E-state index is 12.4. The predicted molar refractivity (Wildman–Crippen MR) is 83.6 cm³/mol. The summed E-state index contributed by atoms with van der Waals surface area (Å²) in [4.78, 5) is 0. The zero-order valence-corrected chi connectivity index (χ0v) is 14.0. The molecule has 0 radical (unpaired) electrons. The normalized spacial score (nSPS) is 26.1. The van der Waals surface area contributed by atoms with Crippen LogP contribution < -0.4 is 10.1 Å². The van der Waals surface area contributed by atoms with E-state index in [2.05, 4.69) is 39.8 Å². The summed E-state index contributed by atoms with van der Waals surface area (Å²) in [6, 6.07) is 5.58. The van der Waals surface area contributed by atoms with Crippen molar-refractivity contribution in [3.05, 3.63) is 28.2 Å². The summed E-state index contributed by atoms with van der Waals surface area (Å²) >= 11 is 3.38. The SMILES string of the molecule is CC1CCC(NCc2cc(Br)ccc2OC(F)F)C(C)C1. The van der Waals surface area contributed by atoms with Gasteiger partial charge in [0.25, 0.3) is 0 Å². The Kier molecular flexibility index (Phi) is 5.99. The van der Waals surface area contributed by atoms with Crippen LogP contribution in [-0.4, -0.2) is 12.7 Å². The fraction of sp³-hybridized carbons (Fsp3) is 0.625. The molecular formula is C16H22BrF2NO. The summed E-state index contributed by atoms with van der Waals surface area (Å²) in [7, 11) is 0. The van der Waals surface area contributed by atoms with Crippen LogP contribution in [0.3, 0.4) is 0 Å². The maximum atomic E-state index is 12.4. The summed E-state index contributed by atoms with van der Waals surface area (Å²) in [6.07, 6.45) is 3.58. The quantitative estimate of drug-likeness (QED) is 0.799. The molecule has 1 aromatic rings. The molecule has 1 saturated carbocycles. The Morgan fingerprint density at radius 2 is 2.10 bits per heavy atom. The number of ether oxygens (including phenoxy) is 1. The van der Waals surface area contributed by atoms with Crippen LogP contribution in [0.4, 0.5) is 8.78 Å². The molecule has 118 valence electrons. The van der Waals surface area contributed by atoms with Gasteiger partial charge in [-0.2, -0.15) is 8.78 Å². The minimum absolute atomic E-state index is 0.248. The molecule has 0 aliphatic heterocycles. The van der Waals surface area contributed by atoms with Crippen molar-refractivity contribution in [3.8, 4) is 5.75 Å². The Labute approximate surface area is 133 Å². The highest BCUT2D eigenvalue weighted by molar-refractivity contribution is 9.10. The molecule has 1 N–H and O–H groups in total. The van der Waals surface area contributed by atoms with E-state index in [9.17, 15) is 8.78 Å². The summed E-state index contributed by atoms with van der Waals surface area (Å²) < 4.78 is 30.4. The number of benzene rings is 1. The first-order chi connectivity index (χ1) is 9.95. The molecule has 2 rings (SSSR count). The summed E-state index contributed by atoms with van der Waals surface area (Å²) in [5, 5.41) is 3.50. The lowest BCUT2D eigenvalue weighted by atomic mass is 9.80. The van der Waals surface area contributed by atoms with Gasteiger partial charge < -0.3 is 10.1 Å². The molecule has 3 unspecified atom stereocenters. The van der Waals surface area contributed by atoms with Crippen LogP contribution in [0.1, 0.15) is 38.7 Å². The Morgan fingerprint density at radius 1 is 1.33 bits per heavy atom. The van der Waals surface area contributed by atoms with E-state index in [0.29, 0.717) is 18.5 Å². The highest BCUT2D eigenvalue weighted by Crippen LogP contribution is 2.30. The third-order valence-corrected chi connectivity index (χ3v) is 4.72. The highest BCUT2D eigenvalue weighted by Gasteiger charge is 2.25. The lowest BCUT2D eigenvalue weighted by Crippen LogP contribution is -2.38. The van der Waals surface area contributed by atoms with E-state index in [4.69, 9.17) is 0 Å². The second kappa shape index (κ2) is 7.54. The van der Waals surface area contributed by atoms with Crippen LogP contribution in [-0.2, 0) is 6.54 Å². The van der Waals surface area contributed by atoms with Gasteiger partial charge in [0.05, 0.1) is 0 Å². The number of hydrogen-bond acceptors (Lipinski definition) is 2. The molecule has 0 spiro atoms. The first-order valence-corrected chi connectivity index (χ1v) is 8.21. The number of rotatable bonds is 5. The van der Waals surface area contributed by atoms with E-state index in [-0.39, 0.29) is 5.75 Å². The van der Waals surface area contributed by atoms with Crippen LogP contribution in [0.2, 0.25) is 0 Å². The summed E-state index contributed by atoms with van der Waals surface area (Å²) in [6.45, 7) is 2.30. The smallest absolute Gasteiger partial charge is 0.387 e. The average Bonchev–Trinajstić information content (AvgIpc) is 2.40. The van der Waals surface area contributed by atoms with E-state index in [1.54, 1.807) is 12.1 Å². The molecule has 1 aromatic carbocycles. The number of hydrogen-bond donors (Lipinski definition) is 1. The highest BCUT2D eigenvalue weighted by atomic mass is 79.9. The van der Waals surface area contributed by atoms with Crippen molar-refractivity contribution in [2.45, 2.75) is 52.3 Å². The van der Waals surface area contributed by atoms with Crippen molar-refractivity contribution in [1.29, 1.82) is 0 Å². The molecule has 5 heteroatoms.